The minimum Gasteiger partial charge on any atom is -0.395 e. The first-order chi connectivity index (χ1) is 11.1. The van der Waals surface area contributed by atoms with E-state index in [0.29, 0.717) is 25.4 Å². The topological polar surface area (TPSA) is 82.7 Å². The third kappa shape index (κ3) is 3.72. The molecule has 3 heterocycles. The standard InChI is InChI=1S/C16H26N4O3/c1-2-13-17-14(23-18-13)11-19-7-5-16(6-8-19)4-3-15(22)20(12-16)9-10-21/h21H,2-12H2,1H3. The van der Waals surface area contributed by atoms with Gasteiger partial charge in [-0.1, -0.05) is 12.1 Å². The molecule has 0 atom stereocenters. The molecule has 23 heavy (non-hydrogen) atoms. The molecule has 0 radical (unpaired) electrons. The fourth-order valence-electron chi connectivity index (χ4n) is 3.71. The number of aromatic nitrogens is 2. The highest BCUT2D eigenvalue weighted by Gasteiger charge is 2.40. The maximum Gasteiger partial charge on any atom is 0.240 e. The second-order valence-electron chi connectivity index (χ2n) is 6.77. The van der Waals surface area contributed by atoms with E-state index in [4.69, 9.17) is 9.63 Å². The molecule has 2 aliphatic heterocycles. The summed E-state index contributed by atoms with van der Waals surface area (Å²) in [4.78, 5) is 20.5. The minimum absolute atomic E-state index is 0.0465. The molecule has 0 unspecified atom stereocenters. The normalized spacial score (nSPS) is 22.0. The lowest BCUT2D eigenvalue weighted by Gasteiger charge is -2.47. The number of hydrogen-bond acceptors (Lipinski definition) is 6. The quantitative estimate of drug-likeness (QED) is 0.864. The molecule has 7 nitrogen and oxygen atoms in total. The molecule has 1 aromatic heterocycles. The van der Waals surface area contributed by atoms with Crippen molar-refractivity contribution < 1.29 is 14.4 Å². The largest absolute Gasteiger partial charge is 0.395 e. The van der Waals surface area contributed by atoms with Crippen molar-refractivity contribution in [3.8, 4) is 0 Å². The lowest BCUT2D eigenvalue weighted by atomic mass is 9.72. The summed E-state index contributed by atoms with van der Waals surface area (Å²) in [6.07, 6.45) is 4.54. The van der Waals surface area contributed by atoms with Crippen LogP contribution in [0.5, 0.6) is 0 Å². The van der Waals surface area contributed by atoms with E-state index >= 15 is 0 Å². The molecule has 0 saturated carbocycles. The number of piperidine rings is 2. The first-order valence-corrected chi connectivity index (χ1v) is 8.56. The smallest absolute Gasteiger partial charge is 0.240 e. The average Bonchev–Trinajstić information content (AvgIpc) is 3.01. The van der Waals surface area contributed by atoms with Gasteiger partial charge >= 0.3 is 0 Å². The molecule has 0 aromatic carbocycles. The maximum absolute atomic E-state index is 11.9. The molecule has 0 bridgehead atoms. The molecule has 2 fully saturated rings. The molecule has 7 heteroatoms. The Kier molecular flexibility index (Phi) is 4.96. The van der Waals surface area contributed by atoms with E-state index in [0.717, 1.165) is 51.1 Å². The molecule has 0 aliphatic carbocycles. The van der Waals surface area contributed by atoms with E-state index < -0.39 is 0 Å². The van der Waals surface area contributed by atoms with Crippen LogP contribution in [0.25, 0.3) is 0 Å². The van der Waals surface area contributed by atoms with Crippen LogP contribution < -0.4 is 0 Å². The van der Waals surface area contributed by atoms with Gasteiger partial charge < -0.3 is 14.5 Å². The second kappa shape index (κ2) is 6.97. The third-order valence-electron chi connectivity index (χ3n) is 5.22. The zero-order valence-electron chi connectivity index (χ0n) is 13.8. The van der Waals surface area contributed by atoms with Crippen LogP contribution in [-0.2, 0) is 17.8 Å². The van der Waals surface area contributed by atoms with Gasteiger partial charge in [-0.25, -0.2) is 0 Å². The number of nitrogens with zero attached hydrogens (tertiary/aromatic N) is 4. The molecule has 1 N–H and O–H groups in total. The summed E-state index contributed by atoms with van der Waals surface area (Å²) in [7, 11) is 0. The monoisotopic (exact) mass is 322 g/mol. The van der Waals surface area contributed by atoms with Crippen molar-refractivity contribution in [2.75, 3.05) is 32.8 Å². The van der Waals surface area contributed by atoms with Crippen molar-refractivity contribution in [1.82, 2.24) is 19.9 Å². The molecule has 128 valence electrons. The second-order valence-corrected chi connectivity index (χ2v) is 6.77. The highest BCUT2D eigenvalue weighted by Crippen LogP contribution is 2.40. The first-order valence-electron chi connectivity index (χ1n) is 8.56. The Hall–Kier alpha value is -1.47. The van der Waals surface area contributed by atoms with Crippen LogP contribution in [0, 0.1) is 5.41 Å². The summed E-state index contributed by atoms with van der Waals surface area (Å²) >= 11 is 0. The number of aryl methyl sites for hydroxylation is 1. The summed E-state index contributed by atoms with van der Waals surface area (Å²) in [5.41, 5.74) is 0.225. The number of hydrogen-bond donors (Lipinski definition) is 1. The van der Waals surface area contributed by atoms with Crippen LogP contribution in [0.2, 0.25) is 0 Å². The molecule has 3 rings (SSSR count). The molecule has 1 amide bonds. The summed E-state index contributed by atoms with van der Waals surface area (Å²) in [5.74, 6) is 1.64. The van der Waals surface area contributed by atoms with Crippen LogP contribution in [0.15, 0.2) is 4.52 Å². The van der Waals surface area contributed by atoms with Gasteiger partial charge in [0.05, 0.1) is 13.2 Å². The van der Waals surface area contributed by atoms with E-state index in [9.17, 15) is 4.79 Å². The SMILES string of the molecule is CCc1noc(CN2CCC3(CCC(=O)N(CCO)C3)CC2)n1. The number of aliphatic hydroxyl groups is 1. The van der Waals surface area contributed by atoms with Gasteiger partial charge in [0.1, 0.15) is 0 Å². The van der Waals surface area contributed by atoms with E-state index in [1.165, 1.54) is 0 Å². The Morgan fingerprint density at radius 1 is 1.30 bits per heavy atom. The van der Waals surface area contributed by atoms with Gasteiger partial charge in [0.15, 0.2) is 5.82 Å². The van der Waals surface area contributed by atoms with Crippen molar-refractivity contribution in [2.45, 2.75) is 45.6 Å². The van der Waals surface area contributed by atoms with Gasteiger partial charge in [0.25, 0.3) is 0 Å². The van der Waals surface area contributed by atoms with Gasteiger partial charge in [-0.15, -0.1) is 0 Å². The summed E-state index contributed by atoms with van der Waals surface area (Å²) < 4.78 is 5.27. The average molecular weight is 322 g/mol. The van der Waals surface area contributed by atoms with Crippen molar-refractivity contribution in [2.24, 2.45) is 5.41 Å². The predicted molar refractivity (Wildman–Crippen MR) is 83.5 cm³/mol. The van der Waals surface area contributed by atoms with Crippen LogP contribution in [0.4, 0.5) is 0 Å². The lowest BCUT2D eigenvalue weighted by molar-refractivity contribution is -0.139. The molecule has 1 aromatic rings. The highest BCUT2D eigenvalue weighted by molar-refractivity contribution is 5.77. The number of likely N-dealkylation sites (tertiary alicyclic amines) is 2. The van der Waals surface area contributed by atoms with E-state index in [1.807, 2.05) is 11.8 Å². The Labute approximate surface area is 136 Å². The van der Waals surface area contributed by atoms with Crippen LogP contribution in [0.3, 0.4) is 0 Å². The number of carbonyl (C=O) groups excluding carboxylic acids is 1. The van der Waals surface area contributed by atoms with E-state index in [2.05, 4.69) is 15.0 Å². The van der Waals surface area contributed by atoms with Crippen molar-refractivity contribution in [3.05, 3.63) is 11.7 Å². The van der Waals surface area contributed by atoms with Crippen molar-refractivity contribution >= 4 is 5.91 Å². The summed E-state index contributed by atoms with van der Waals surface area (Å²) in [6, 6.07) is 0. The highest BCUT2D eigenvalue weighted by atomic mass is 16.5. The van der Waals surface area contributed by atoms with Gasteiger partial charge in [-0.2, -0.15) is 4.98 Å². The summed E-state index contributed by atoms with van der Waals surface area (Å²) in [5, 5.41) is 13.1. The Balaban J connectivity index is 1.54. The Morgan fingerprint density at radius 2 is 2.09 bits per heavy atom. The van der Waals surface area contributed by atoms with Crippen molar-refractivity contribution in [3.63, 3.8) is 0 Å². The fourth-order valence-corrected chi connectivity index (χ4v) is 3.71. The minimum atomic E-state index is 0.0465. The predicted octanol–water partition coefficient (Wildman–Crippen LogP) is 0.829. The Morgan fingerprint density at radius 3 is 2.74 bits per heavy atom. The lowest BCUT2D eigenvalue weighted by Crippen LogP contribution is -2.51. The zero-order chi connectivity index (χ0) is 16.3. The Bertz CT molecular complexity index is 537. The molecular weight excluding hydrogens is 296 g/mol. The summed E-state index contributed by atoms with van der Waals surface area (Å²) in [6.45, 7) is 6.01. The van der Waals surface area contributed by atoms with Crippen LogP contribution >= 0.6 is 0 Å². The molecular formula is C16H26N4O3. The zero-order valence-corrected chi connectivity index (χ0v) is 13.8. The van der Waals surface area contributed by atoms with Crippen molar-refractivity contribution in [1.29, 1.82) is 0 Å². The number of β-amino-alcohol motifs (C(OH)–C–C–N with tert-alkyl or cyclic N) is 1. The van der Waals surface area contributed by atoms with Crippen LogP contribution in [0.1, 0.15) is 44.3 Å². The number of amides is 1. The van der Waals surface area contributed by atoms with Gasteiger partial charge in [-0.3, -0.25) is 9.69 Å². The first kappa shape index (κ1) is 16.4. The number of rotatable bonds is 5. The van der Waals surface area contributed by atoms with E-state index in [1.54, 1.807) is 0 Å². The fraction of sp³-hybridized carbons (Fsp3) is 0.812. The molecule has 2 saturated heterocycles. The van der Waals surface area contributed by atoms with Gasteiger partial charge in [0.2, 0.25) is 11.8 Å². The van der Waals surface area contributed by atoms with Crippen LogP contribution in [-0.4, -0.2) is 63.7 Å². The van der Waals surface area contributed by atoms with Gasteiger partial charge in [0, 0.05) is 25.9 Å². The van der Waals surface area contributed by atoms with Gasteiger partial charge in [-0.05, 0) is 37.8 Å². The maximum atomic E-state index is 11.9. The molecule has 2 aliphatic rings. The van der Waals surface area contributed by atoms with E-state index in [-0.39, 0.29) is 17.9 Å². The molecule has 1 spiro atoms. The number of aliphatic hydroxyl groups excluding tert-OH is 1. The third-order valence-corrected chi connectivity index (χ3v) is 5.22. The number of carbonyl (C=O) groups is 1.